The van der Waals surface area contributed by atoms with Gasteiger partial charge < -0.3 is 9.15 Å². The van der Waals surface area contributed by atoms with Crippen LogP contribution in [0.15, 0.2) is 63.6 Å². The molecule has 0 N–H and O–H groups in total. The summed E-state index contributed by atoms with van der Waals surface area (Å²) in [4.78, 5) is 25.1. The van der Waals surface area contributed by atoms with E-state index in [2.05, 4.69) is 5.10 Å². The number of amides is 1. The summed E-state index contributed by atoms with van der Waals surface area (Å²) in [5, 5.41) is 6.66. The normalized spacial score (nSPS) is 14.7. The number of furan rings is 1. The van der Waals surface area contributed by atoms with Crippen LogP contribution in [0.4, 0.5) is 5.69 Å². The van der Waals surface area contributed by atoms with Gasteiger partial charge in [-0.15, -0.1) is 0 Å². The van der Waals surface area contributed by atoms with Gasteiger partial charge in [0.2, 0.25) is 0 Å². The minimum Gasteiger partial charge on any atom is -0.462 e. The van der Waals surface area contributed by atoms with E-state index in [0.29, 0.717) is 44.1 Å². The lowest BCUT2D eigenvalue weighted by molar-refractivity contribution is -0.114. The highest BCUT2D eigenvalue weighted by Gasteiger charge is 2.29. The molecule has 9 heteroatoms. The van der Waals surface area contributed by atoms with Crippen LogP contribution in [0.3, 0.4) is 0 Å². The first kappa shape index (κ1) is 23.1. The third-order valence-corrected chi connectivity index (χ3v) is 5.58. The summed E-state index contributed by atoms with van der Waals surface area (Å²) >= 11 is 18.3. The number of anilines is 1. The van der Waals surface area contributed by atoms with Crippen LogP contribution in [0.5, 0.6) is 0 Å². The monoisotopic (exact) mass is 502 g/mol. The van der Waals surface area contributed by atoms with Crippen LogP contribution >= 0.6 is 34.8 Å². The molecule has 3 aromatic rings. The first-order valence-electron chi connectivity index (χ1n) is 9.91. The Morgan fingerprint density at radius 3 is 2.52 bits per heavy atom. The van der Waals surface area contributed by atoms with Gasteiger partial charge >= 0.3 is 5.97 Å². The quantitative estimate of drug-likeness (QED) is 0.281. The van der Waals surface area contributed by atoms with Gasteiger partial charge in [0.15, 0.2) is 0 Å². The summed E-state index contributed by atoms with van der Waals surface area (Å²) in [5.74, 6) is 0.104. The molecule has 33 heavy (non-hydrogen) atoms. The molecule has 1 aliphatic rings. The van der Waals surface area contributed by atoms with Crippen LogP contribution in [0, 0.1) is 0 Å². The van der Waals surface area contributed by atoms with E-state index in [-0.39, 0.29) is 23.1 Å². The summed E-state index contributed by atoms with van der Waals surface area (Å²) in [6, 6.07) is 13.2. The van der Waals surface area contributed by atoms with E-state index < -0.39 is 5.97 Å². The van der Waals surface area contributed by atoms with E-state index in [1.54, 1.807) is 68.5 Å². The Bertz CT molecular complexity index is 1310. The number of ether oxygens (including phenoxy) is 1. The van der Waals surface area contributed by atoms with E-state index in [0.717, 1.165) is 0 Å². The molecule has 1 aromatic heterocycles. The second-order valence-corrected chi connectivity index (χ2v) is 8.39. The molecule has 1 aliphatic heterocycles. The fourth-order valence-corrected chi connectivity index (χ4v) is 4.00. The van der Waals surface area contributed by atoms with Gasteiger partial charge in [-0.3, -0.25) is 4.79 Å². The zero-order valence-electron chi connectivity index (χ0n) is 17.6. The molecule has 1 amide bonds. The Hall–Kier alpha value is -3.06. The summed E-state index contributed by atoms with van der Waals surface area (Å²) < 4.78 is 10.9. The minimum atomic E-state index is -0.511. The largest absolute Gasteiger partial charge is 0.462 e. The number of carbonyl (C=O) groups excluding carboxylic acids is 2. The zero-order valence-corrected chi connectivity index (χ0v) is 19.8. The maximum atomic E-state index is 13.0. The predicted molar refractivity (Wildman–Crippen MR) is 130 cm³/mol. The molecule has 0 radical (unpaired) electrons. The number of rotatable bonds is 5. The van der Waals surface area contributed by atoms with Crippen molar-refractivity contribution in [2.45, 2.75) is 13.8 Å². The number of esters is 1. The van der Waals surface area contributed by atoms with E-state index >= 15 is 0 Å². The van der Waals surface area contributed by atoms with Crippen molar-refractivity contribution in [1.29, 1.82) is 0 Å². The van der Waals surface area contributed by atoms with Crippen molar-refractivity contribution in [2.75, 3.05) is 11.6 Å². The van der Waals surface area contributed by atoms with Gasteiger partial charge in [-0.05, 0) is 68.5 Å². The number of nitrogens with zero attached hydrogens (tertiary/aromatic N) is 2. The second-order valence-electron chi connectivity index (χ2n) is 7.11. The average molecular weight is 504 g/mol. The van der Waals surface area contributed by atoms with Crippen molar-refractivity contribution in [3.8, 4) is 11.3 Å². The lowest BCUT2D eigenvalue weighted by Crippen LogP contribution is -2.21. The predicted octanol–water partition coefficient (Wildman–Crippen LogP) is 6.89. The summed E-state index contributed by atoms with van der Waals surface area (Å²) in [6.07, 6.45) is 1.61. The van der Waals surface area contributed by atoms with Crippen LogP contribution in [-0.2, 0) is 9.53 Å². The number of hydrogen-bond acceptors (Lipinski definition) is 5. The molecule has 0 unspecified atom stereocenters. The molecule has 0 atom stereocenters. The van der Waals surface area contributed by atoms with Gasteiger partial charge in [0.1, 0.15) is 11.5 Å². The number of benzene rings is 2. The second kappa shape index (κ2) is 9.43. The fraction of sp³-hybridized carbons (Fsp3) is 0.125. The zero-order chi connectivity index (χ0) is 23.7. The molecule has 0 aliphatic carbocycles. The third-order valence-electron chi connectivity index (χ3n) is 4.81. The van der Waals surface area contributed by atoms with Crippen molar-refractivity contribution in [3.63, 3.8) is 0 Å². The van der Waals surface area contributed by atoms with Gasteiger partial charge in [-0.1, -0.05) is 34.8 Å². The standard InChI is InChI=1S/C24H17Cl3N2O4/c1-3-32-24(31)20-8-14(4-6-21(20)27)22-7-5-18(33-22)12-19-13(2)28-29(23(19)30)17-10-15(25)9-16(26)11-17/h4-12H,3H2,1-2H3. The van der Waals surface area contributed by atoms with Crippen LogP contribution in [0.25, 0.3) is 17.4 Å². The first-order chi connectivity index (χ1) is 15.8. The molecule has 6 nitrogen and oxygen atoms in total. The first-order valence-corrected chi connectivity index (χ1v) is 11.0. The highest BCUT2D eigenvalue weighted by atomic mass is 35.5. The lowest BCUT2D eigenvalue weighted by Gasteiger charge is -2.12. The number of hydrogen-bond donors (Lipinski definition) is 0. The molecule has 0 spiro atoms. The SMILES string of the molecule is CCOC(=O)c1cc(-c2ccc(C=C3C(=O)N(c4cc(Cl)cc(Cl)c4)N=C3C)o2)ccc1Cl. The smallest absolute Gasteiger partial charge is 0.339 e. The van der Waals surface area contributed by atoms with Crippen molar-refractivity contribution >= 4 is 64.2 Å². The van der Waals surface area contributed by atoms with Crippen molar-refractivity contribution in [1.82, 2.24) is 0 Å². The molecule has 4 rings (SSSR count). The lowest BCUT2D eigenvalue weighted by atomic mass is 10.1. The van der Waals surface area contributed by atoms with Crippen molar-refractivity contribution in [3.05, 3.63) is 80.5 Å². The molecule has 0 saturated carbocycles. The molecule has 2 heterocycles. The molecule has 168 valence electrons. The highest BCUT2D eigenvalue weighted by molar-refractivity contribution is 6.36. The van der Waals surface area contributed by atoms with Crippen LogP contribution in [0.1, 0.15) is 30.0 Å². The Labute approximate surface area is 205 Å². The molecule has 0 bridgehead atoms. The van der Waals surface area contributed by atoms with Crippen molar-refractivity contribution in [2.24, 2.45) is 5.10 Å². The molecular weight excluding hydrogens is 487 g/mol. The molecule has 2 aromatic carbocycles. The van der Waals surface area contributed by atoms with E-state index in [1.807, 2.05) is 0 Å². The van der Waals surface area contributed by atoms with E-state index in [4.69, 9.17) is 44.0 Å². The van der Waals surface area contributed by atoms with Crippen LogP contribution in [0.2, 0.25) is 15.1 Å². The minimum absolute atomic E-state index is 0.241. The highest BCUT2D eigenvalue weighted by Crippen LogP contribution is 2.32. The van der Waals surface area contributed by atoms with Crippen molar-refractivity contribution < 1.29 is 18.7 Å². The number of halogens is 3. The number of carbonyl (C=O) groups is 2. The maximum Gasteiger partial charge on any atom is 0.339 e. The van der Waals surface area contributed by atoms with Gasteiger partial charge in [-0.25, -0.2) is 4.79 Å². The molecule has 0 fully saturated rings. The Morgan fingerprint density at radius 2 is 1.82 bits per heavy atom. The number of hydrazone groups is 1. The Kier molecular flexibility index (Phi) is 6.61. The van der Waals surface area contributed by atoms with E-state index in [1.165, 1.54) is 5.01 Å². The van der Waals surface area contributed by atoms with Gasteiger partial charge in [0, 0.05) is 15.6 Å². The average Bonchev–Trinajstić information content (AvgIpc) is 3.34. The van der Waals surface area contributed by atoms with Crippen LogP contribution in [-0.4, -0.2) is 24.2 Å². The van der Waals surface area contributed by atoms with Gasteiger partial charge in [0.25, 0.3) is 5.91 Å². The Morgan fingerprint density at radius 1 is 1.09 bits per heavy atom. The topological polar surface area (TPSA) is 72.1 Å². The third kappa shape index (κ3) is 4.83. The van der Waals surface area contributed by atoms with Gasteiger partial charge in [-0.2, -0.15) is 10.1 Å². The maximum absolute atomic E-state index is 13.0. The molecular formula is C24H17Cl3N2O4. The Balaban J connectivity index is 1.62. The molecule has 0 saturated heterocycles. The van der Waals surface area contributed by atoms with Gasteiger partial charge in [0.05, 0.1) is 34.2 Å². The fourth-order valence-electron chi connectivity index (χ4n) is 3.29. The summed E-state index contributed by atoms with van der Waals surface area (Å²) in [7, 11) is 0. The summed E-state index contributed by atoms with van der Waals surface area (Å²) in [6.45, 7) is 3.69. The van der Waals surface area contributed by atoms with E-state index in [9.17, 15) is 9.59 Å². The van der Waals surface area contributed by atoms with Crippen LogP contribution < -0.4 is 5.01 Å². The summed E-state index contributed by atoms with van der Waals surface area (Å²) in [5.41, 5.74) is 2.25.